The Morgan fingerprint density at radius 3 is 2.60 bits per heavy atom. The van der Waals surface area contributed by atoms with Gasteiger partial charge in [-0.25, -0.2) is 0 Å². The van der Waals surface area contributed by atoms with Gasteiger partial charge in [0, 0.05) is 6.42 Å². The second-order valence-electron chi connectivity index (χ2n) is 4.15. The fourth-order valence-corrected chi connectivity index (χ4v) is 1.84. The van der Waals surface area contributed by atoms with E-state index in [2.05, 4.69) is 17.4 Å². The van der Waals surface area contributed by atoms with E-state index in [-0.39, 0.29) is 11.9 Å². The molecule has 2 rings (SSSR count). The lowest BCUT2D eigenvalue weighted by Gasteiger charge is -2.18. The van der Waals surface area contributed by atoms with Crippen molar-refractivity contribution in [3.8, 4) is 0 Å². The van der Waals surface area contributed by atoms with Gasteiger partial charge in [-0.2, -0.15) is 0 Å². The number of hydrogen-bond acceptors (Lipinski definition) is 1. The van der Waals surface area contributed by atoms with Gasteiger partial charge in [0.2, 0.25) is 5.91 Å². The van der Waals surface area contributed by atoms with E-state index >= 15 is 0 Å². The number of amides is 1. The molecular weight excluding hydrogens is 186 g/mol. The summed E-state index contributed by atoms with van der Waals surface area (Å²) in [5.41, 5.74) is 1.24. The Balaban J connectivity index is 2.10. The molecule has 1 aliphatic carbocycles. The monoisotopic (exact) mass is 203 g/mol. The largest absolute Gasteiger partial charge is 0.349 e. The van der Waals surface area contributed by atoms with Crippen LogP contribution in [0.4, 0.5) is 0 Å². The summed E-state index contributed by atoms with van der Waals surface area (Å²) < 4.78 is 0. The van der Waals surface area contributed by atoms with E-state index in [4.69, 9.17) is 0 Å². The molecule has 2 heteroatoms. The molecule has 15 heavy (non-hydrogen) atoms. The molecule has 0 spiro atoms. The van der Waals surface area contributed by atoms with E-state index in [1.54, 1.807) is 0 Å². The first-order chi connectivity index (χ1) is 7.31. The quantitative estimate of drug-likeness (QED) is 0.800. The normalized spacial score (nSPS) is 17.1. The van der Waals surface area contributed by atoms with E-state index in [0.29, 0.717) is 12.3 Å². The second kappa shape index (κ2) is 4.47. The van der Waals surface area contributed by atoms with Gasteiger partial charge in [0.1, 0.15) is 0 Å². The maximum absolute atomic E-state index is 11.4. The average molecular weight is 203 g/mol. The summed E-state index contributed by atoms with van der Waals surface area (Å²) in [5, 5.41) is 3.11. The molecule has 1 atom stereocenters. The molecule has 1 fully saturated rings. The van der Waals surface area contributed by atoms with Crippen LogP contribution in [0.2, 0.25) is 0 Å². The Bertz CT molecular complexity index is 330. The molecule has 0 radical (unpaired) electrons. The predicted molar refractivity (Wildman–Crippen MR) is 60.3 cm³/mol. The number of benzene rings is 1. The molecule has 0 aliphatic heterocycles. The first kappa shape index (κ1) is 10.2. The van der Waals surface area contributed by atoms with Crippen LogP contribution in [0.25, 0.3) is 0 Å². The maximum atomic E-state index is 11.4. The molecule has 1 aromatic carbocycles. The molecular formula is C13H17NO. The van der Waals surface area contributed by atoms with Crippen molar-refractivity contribution in [2.45, 2.75) is 32.2 Å². The van der Waals surface area contributed by atoms with E-state index in [1.807, 2.05) is 25.1 Å². The standard InChI is InChI=1S/C13H17NO/c1-2-12(15)14-13(11-8-9-11)10-6-4-3-5-7-10/h3-7,11,13H,2,8-9H2,1H3,(H,14,15)/t13-/m0/s1. The topological polar surface area (TPSA) is 29.1 Å². The van der Waals surface area contributed by atoms with Gasteiger partial charge in [0.15, 0.2) is 0 Å². The lowest BCUT2D eigenvalue weighted by atomic mass is 10.0. The second-order valence-corrected chi connectivity index (χ2v) is 4.15. The number of rotatable bonds is 4. The minimum absolute atomic E-state index is 0.149. The third-order valence-corrected chi connectivity index (χ3v) is 2.89. The van der Waals surface area contributed by atoms with Gasteiger partial charge in [0.25, 0.3) is 0 Å². The van der Waals surface area contributed by atoms with Crippen LogP contribution in [-0.2, 0) is 4.79 Å². The van der Waals surface area contributed by atoms with E-state index < -0.39 is 0 Å². The van der Waals surface area contributed by atoms with Crippen LogP contribution in [0.1, 0.15) is 37.8 Å². The highest BCUT2D eigenvalue weighted by atomic mass is 16.1. The molecule has 0 heterocycles. The molecule has 80 valence electrons. The zero-order valence-electron chi connectivity index (χ0n) is 9.07. The molecule has 1 saturated carbocycles. The van der Waals surface area contributed by atoms with Crippen molar-refractivity contribution in [3.63, 3.8) is 0 Å². The van der Waals surface area contributed by atoms with E-state index in [1.165, 1.54) is 18.4 Å². The van der Waals surface area contributed by atoms with Crippen molar-refractivity contribution in [3.05, 3.63) is 35.9 Å². The van der Waals surface area contributed by atoms with Gasteiger partial charge in [-0.15, -0.1) is 0 Å². The van der Waals surface area contributed by atoms with Crippen molar-refractivity contribution in [1.82, 2.24) is 5.32 Å². The summed E-state index contributed by atoms with van der Waals surface area (Å²) in [6.07, 6.45) is 3.04. The molecule has 0 aromatic heterocycles. The van der Waals surface area contributed by atoms with Crippen LogP contribution in [0.15, 0.2) is 30.3 Å². The highest BCUT2D eigenvalue weighted by molar-refractivity contribution is 5.76. The first-order valence-corrected chi connectivity index (χ1v) is 5.65. The Kier molecular flexibility index (Phi) is 3.05. The Morgan fingerprint density at radius 1 is 1.40 bits per heavy atom. The highest BCUT2D eigenvalue weighted by Crippen LogP contribution is 2.40. The fourth-order valence-electron chi connectivity index (χ4n) is 1.84. The summed E-state index contributed by atoms with van der Waals surface area (Å²) in [4.78, 5) is 11.4. The molecule has 2 nitrogen and oxygen atoms in total. The van der Waals surface area contributed by atoms with Gasteiger partial charge in [-0.05, 0) is 24.3 Å². The molecule has 1 N–H and O–H groups in total. The lowest BCUT2D eigenvalue weighted by molar-refractivity contribution is -0.121. The number of hydrogen-bond donors (Lipinski definition) is 1. The number of carbonyl (C=O) groups excluding carboxylic acids is 1. The van der Waals surface area contributed by atoms with Crippen LogP contribution in [0, 0.1) is 5.92 Å². The summed E-state index contributed by atoms with van der Waals surface area (Å²) in [6, 6.07) is 10.5. The average Bonchev–Trinajstić information content (AvgIpc) is 3.10. The Morgan fingerprint density at radius 2 is 2.07 bits per heavy atom. The van der Waals surface area contributed by atoms with Crippen molar-refractivity contribution in [2.75, 3.05) is 0 Å². The third-order valence-electron chi connectivity index (χ3n) is 2.89. The summed E-state index contributed by atoms with van der Waals surface area (Å²) >= 11 is 0. The van der Waals surface area contributed by atoms with Gasteiger partial charge in [-0.1, -0.05) is 37.3 Å². The molecule has 1 amide bonds. The molecule has 1 aliphatic rings. The van der Waals surface area contributed by atoms with Crippen molar-refractivity contribution < 1.29 is 4.79 Å². The number of nitrogens with one attached hydrogen (secondary N) is 1. The van der Waals surface area contributed by atoms with Crippen molar-refractivity contribution >= 4 is 5.91 Å². The van der Waals surface area contributed by atoms with Gasteiger partial charge >= 0.3 is 0 Å². The van der Waals surface area contributed by atoms with Crippen LogP contribution in [0.5, 0.6) is 0 Å². The highest BCUT2D eigenvalue weighted by Gasteiger charge is 2.32. The van der Waals surface area contributed by atoms with Crippen LogP contribution >= 0.6 is 0 Å². The zero-order valence-corrected chi connectivity index (χ0v) is 9.07. The SMILES string of the molecule is CCC(=O)N[C@@H](c1ccccc1)C1CC1. The van der Waals surface area contributed by atoms with Crippen LogP contribution in [-0.4, -0.2) is 5.91 Å². The number of carbonyl (C=O) groups is 1. The molecule has 0 saturated heterocycles. The van der Waals surface area contributed by atoms with Gasteiger partial charge in [-0.3, -0.25) is 4.79 Å². The smallest absolute Gasteiger partial charge is 0.220 e. The van der Waals surface area contributed by atoms with Gasteiger partial charge in [0.05, 0.1) is 6.04 Å². The summed E-state index contributed by atoms with van der Waals surface area (Å²) in [7, 11) is 0. The predicted octanol–water partition coefficient (Wildman–Crippen LogP) is 2.66. The maximum Gasteiger partial charge on any atom is 0.220 e. The Hall–Kier alpha value is -1.31. The lowest BCUT2D eigenvalue weighted by Crippen LogP contribution is -2.29. The minimum Gasteiger partial charge on any atom is -0.349 e. The summed E-state index contributed by atoms with van der Waals surface area (Å²) in [5.74, 6) is 0.804. The molecule has 0 unspecified atom stereocenters. The third kappa shape index (κ3) is 2.58. The zero-order chi connectivity index (χ0) is 10.7. The van der Waals surface area contributed by atoms with E-state index in [0.717, 1.165) is 0 Å². The van der Waals surface area contributed by atoms with E-state index in [9.17, 15) is 4.79 Å². The van der Waals surface area contributed by atoms with Gasteiger partial charge < -0.3 is 5.32 Å². The van der Waals surface area contributed by atoms with Crippen molar-refractivity contribution in [1.29, 1.82) is 0 Å². The molecule has 0 bridgehead atoms. The minimum atomic E-state index is 0.149. The first-order valence-electron chi connectivity index (χ1n) is 5.65. The fraction of sp³-hybridized carbons (Fsp3) is 0.462. The van der Waals surface area contributed by atoms with Crippen LogP contribution in [0.3, 0.4) is 0 Å². The Labute approximate surface area is 90.7 Å². The van der Waals surface area contributed by atoms with Crippen LogP contribution < -0.4 is 5.32 Å². The molecule has 1 aromatic rings. The van der Waals surface area contributed by atoms with Crippen molar-refractivity contribution in [2.24, 2.45) is 5.92 Å². The summed E-state index contributed by atoms with van der Waals surface area (Å²) in [6.45, 7) is 1.89.